The Bertz CT molecular complexity index is 1510. The van der Waals surface area contributed by atoms with Gasteiger partial charge in [-0.1, -0.05) is 42.5 Å². The molecule has 0 spiro atoms. The average Bonchev–Trinajstić information content (AvgIpc) is 3.39. The molecule has 5 rings (SSSR count). The fourth-order valence-electron chi connectivity index (χ4n) is 3.95. The number of nitriles is 1. The Morgan fingerprint density at radius 2 is 1.82 bits per heavy atom. The Kier molecular flexibility index (Phi) is 4.98. The van der Waals surface area contributed by atoms with E-state index in [9.17, 15) is 18.4 Å². The number of para-hydroxylation sites is 3. The molecule has 3 aromatic carbocycles. The van der Waals surface area contributed by atoms with Crippen LogP contribution >= 0.6 is 0 Å². The Labute approximate surface area is 187 Å². The Hall–Kier alpha value is -4.31. The van der Waals surface area contributed by atoms with Crippen molar-refractivity contribution >= 4 is 33.6 Å². The molecule has 0 unspecified atom stereocenters. The van der Waals surface area contributed by atoms with E-state index in [1.807, 2.05) is 59.3 Å². The monoisotopic (exact) mass is 442 g/mol. The molecule has 0 radical (unpaired) electrons. The van der Waals surface area contributed by atoms with Crippen molar-refractivity contribution in [2.45, 2.75) is 12.7 Å². The van der Waals surface area contributed by atoms with E-state index in [4.69, 9.17) is 0 Å². The van der Waals surface area contributed by atoms with Gasteiger partial charge in [0.2, 0.25) is 0 Å². The lowest BCUT2D eigenvalue weighted by atomic mass is 10.1. The fourth-order valence-corrected chi connectivity index (χ4v) is 3.95. The number of nitrogens with one attached hydrogen (secondary N) is 1. The number of benzene rings is 3. The van der Waals surface area contributed by atoms with Crippen molar-refractivity contribution in [1.82, 2.24) is 14.5 Å². The first-order valence-corrected chi connectivity index (χ1v) is 10.2. The maximum absolute atomic E-state index is 13.1. The third-order valence-electron chi connectivity index (χ3n) is 5.49. The fraction of sp³-hybridized carbons (Fsp3) is 0.0769. The molecule has 33 heavy (non-hydrogen) atoms. The number of rotatable bonds is 4. The van der Waals surface area contributed by atoms with Gasteiger partial charge in [-0.3, -0.25) is 0 Å². The minimum absolute atomic E-state index is 0.269. The molecule has 4 nitrogen and oxygen atoms in total. The van der Waals surface area contributed by atoms with Crippen molar-refractivity contribution in [3.63, 3.8) is 0 Å². The molecule has 1 N–H and O–H groups in total. The van der Waals surface area contributed by atoms with Crippen LogP contribution in [0.3, 0.4) is 0 Å². The predicted molar refractivity (Wildman–Crippen MR) is 122 cm³/mol. The van der Waals surface area contributed by atoms with Gasteiger partial charge >= 0.3 is 6.18 Å². The largest absolute Gasteiger partial charge is 0.416 e. The van der Waals surface area contributed by atoms with Gasteiger partial charge in [0, 0.05) is 29.2 Å². The van der Waals surface area contributed by atoms with Gasteiger partial charge in [0.1, 0.15) is 11.9 Å². The topological polar surface area (TPSA) is 57.4 Å². The maximum Gasteiger partial charge on any atom is 0.416 e. The summed E-state index contributed by atoms with van der Waals surface area (Å²) in [6.07, 6.45) is -0.787. The van der Waals surface area contributed by atoms with E-state index in [0.717, 1.165) is 33.6 Å². The Balaban J connectivity index is 1.57. The summed E-state index contributed by atoms with van der Waals surface area (Å²) in [4.78, 5) is 7.67. The van der Waals surface area contributed by atoms with Crippen molar-refractivity contribution in [2.24, 2.45) is 0 Å². The van der Waals surface area contributed by atoms with Crippen LogP contribution in [0.25, 0.3) is 33.6 Å². The summed E-state index contributed by atoms with van der Waals surface area (Å²) in [5.74, 6) is 0.466. The third-order valence-corrected chi connectivity index (χ3v) is 5.49. The van der Waals surface area contributed by atoms with E-state index >= 15 is 0 Å². The zero-order valence-corrected chi connectivity index (χ0v) is 17.3. The zero-order chi connectivity index (χ0) is 23.0. The Morgan fingerprint density at radius 3 is 2.61 bits per heavy atom. The molecule has 0 bridgehead atoms. The van der Waals surface area contributed by atoms with Crippen molar-refractivity contribution < 1.29 is 13.2 Å². The number of imidazole rings is 1. The lowest BCUT2D eigenvalue weighted by Crippen LogP contribution is -2.06. The molecule has 0 amide bonds. The molecule has 5 aromatic rings. The highest BCUT2D eigenvalue weighted by Gasteiger charge is 2.30. The number of allylic oxidation sites excluding steroid dienone is 1. The summed E-state index contributed by atoms with van der Waals surface area (Å²) >= 11 is 0. The summed E-state index contributed by atoms with van der Waals surface area (Å²) < 4.78 is 41.3. The van der Waals surface area contributed by atoms with E-state index in [-0.39, 0.29) is 6.54 Å². The third kappa shape index (κ3) is 3.99. The number of aromatic nitrogens is 3. The van der Waals surface area contributed by atoms with Crippen molar-refractivity contribution in [2.75, 3.05) is 0 Å². The normalized spacial score (nSPS) is 12.4. The summed E-state index contributed by atoms with van der Waals surface area (Å²) in [5.41, 5.74) is 3.49. The molecule has 0 saturated carbocycles. The second-order valence-electron chi connectivity index (χ2n) is 7.70. The molecule has 0 saturated heterocycles. The predicted octanol–water partition coefficient (Wildman–Crippen LogP) is 6.65. The molecule has 0 atom stereocenters. The van der Waals surface area contributed by atoms with Crippen LogP contribution < -0.4 is 0 Å². The number of aromatic amines is 1. The number of nitrogens with zero attached hydrogens (tertiary/aromatic N) is 3. The van der Waals surface area contributed by atoms with Crippen LogP contribution in [0.15, 0.2) is 79.0 Å². The number of fused-ring (bicyclic) bond motifs is 2. The zero-order valence-electron chi connectivity index (χ0n) is 17.3. The van der Waals surface area contributed by atoms with Gasteiger partial charge in [-0.2, -0.15) is 18.4 Å². The molecule has 0 aliphatic heterocycles. The van der Waals surface area contributed by atoms with Gasteiger partial charge in [0.05, 0.1) is 22.2 Å². The standard InChI is InChI=1S/C26H17F3N4/c27-26(28,29)20-7-5-6-17(12-20)15-33-16-19(21-8-1-4-11-24(21)33)13-18(14-30)25-31-22-9-2-3-10-23(22)32-25/h1-13,16H,15H2,(H,31,32). The molecule has 7 heteroatoms. The molecule has 162 valence electrons. The van der Waals surface area contributed by atoms with Crippen LogP contribution in [-0.4, -0.2) is 14.5 Å². The smallest absolute Gasteiger partial charge is 0.342 e. The van der Waals surface area contributed by atoms with Crippen molar-refractivity contribution in [3.8, 4) is 6.07 Å². The number of halogens is 3. The number of hydrogen-bond acceptors (Lipinski definition) is 2. The Morgan fingerprint density at radius 1 is 1.03 bits per heavy atom. The van der Waals surface area contributed by atoms with E-state index in [0.29, 0.717) is 17.0 Å². The molecular formula is C26H17F3N4. The van der Waals surface area contributed by atoms with E-state index in [1.165, 1.54) is 12.1 Å². The van der Waals surface area contributed by atoms with Crippen LogP contribution in [0.1, 0.15) is 22.5 Å². The highest BCUT2D eigenvalue weighted by atomic mass is 19.4. The summed E-state index contributed by atoms with van der Waals surface area (Å²) in [6, 6.07) is 22.7. The second kappa shape index (κ2) is 7.99. The average molecular weight is 442 g/mol. The van der Waals surface area contributed by atoms with E-state index in [1.54, 1.807) is 12.1 Å². The van der Waals surface area contributed by atoms with Crippen LogP contribution in [-0.2, 0) is 12.7 Å². The second-order valence-corrected chi connectivity index (χ2v) is 7.70. The molecule has 0 fully saturated rings. The van der Waals surface area contributed by atoms with Gasteiger partial charge in [-0.05, 0) is 42.0 Å². The molecule has 0 aliphatic rings. The lowest BCUT2D eigenvalue weighted by molar-refractivity contribution is -0.137. The number of hydrogen-bond donors (Lipinski definition) is 1. The van der Waals surface area contributed by atoms with Crippen LogP contribution in [0.4, 0.5) is 13.2 Å². The first kappa shape index (κ1) is 20.6. The molecular weight excluding hydrogens is 425 g/mol. The molecule has 2 heterocycles. The van der Waals surface area contributed by atoms with Gasteiger partial charge < -0.3 is 9.55 Å². The maximum atomic E-state index is 13.1. The minimum Gasteiger partial charge on any atom is -0.342 e. The van der Waals surface area contributed by atoms with Crippen molar-refractivity contribution in [3.05, 3.63) is 102 Å². The number of H-pyrrole nitrogens is 1. The van der Waals surface area contributed by atoms with Gasteiger partial charge in [0.15, 0.2) is 0 Å². The van der Waals surface area contributed by atoms with E-state index < -0.39 is 11.7 Å². The van der Waals surface area contributed by atoms with Gasteiger partial charge in [-0.15, -0.1) is 0 Å². The van der Waals surface area contributed by atoms with Crippen LogP contribution in [0.5, 0.6) is 0 Å². The highest BCUT2D eigenvalue weighted by molar-refractivity contribution is 5.98. The summed E-state index contributed by atoms with van der Waals surface area (Å²) in [5, 5.41) is 10.7. The lowest BCUT2D eigenvalue weighted by Gasteiger charge is -2.10. The van der Waals surface area contributed by atoms with Gasteiger partial charge in [-0.25, -0.2) is 4.98 Å². The molecule has 0 aliphatic carbocycles. The first-order valence-electron chi connectivity index (χ1n) is 10.2. The van der Waals surface area contributed by atoms with Crippen LogP contribution in [0.2, 0.25) is 0 Å². The number of alkyl halides is 3. The summed E-state index contributed by atoms with van der Waals surface area (Å²) in [6.45, 7) is 0.269. The van der Waals surface area contributed by atoms with Gasteiger partial charge in [0.25, 0.3) is 0 Å². The quantitative estimate of drug-likeness (QED) is 0.317. The van der Waals surface area contributed by atoms with Crippen LogP contribution in [0, 0.1) is 11.3 Å². The molecule has 2 aromatic heterocycles. The van der Waals surface area contributed by atoms with Crippen molar-refractivity contribution in [1.29, 1.82) is 5.26 Å². The minimum atomic E-state index is -4.39. The first-order chi connectivity index (χ1) is 15.9. The van der Waals surface area contributed by atoms with E-state index in [2.05, 4.69) is 16.0 Å². The SMILES string of the molecule is N#CC(=Cc1cn(Cc2cccc(C(F)(F)F)c2)c2ccccc12)c1nc2ccccc2[nH]1. The summed E-state index contributed by atoms with van der Waals surface area (Å²) in [7, 11) is 0. The highest BCUT2D eigenvalue weighted by Crippen LogP contribution is 2.31.